The molecule has 0 atom stereocenters. The smallest absolute Gasteiger partial charge is 0.387 e. The lowest BCUT2D eigenvalue weighted by Crippen LogP contribution is -2.42. The molecule has 1 heterocycles. The first kappa shape index (κ1) is 21.0. The Labute approximate surface area is 162 Å². The first-order valence-corrected chi connectivity index (χ1v) is 9.20. The van der Waals surface area contributed by atoms with Gasteiger partial charge in [-0.25, -0.2) is 0 Å². The summed E-state index contributed by atoms with van der Waals surface area (Å²) in [6.45, 7) is 0.232. The Bertz CT molecular complexity index is 623. The van der Waals surface area contributed by atoms with Gasteiger partial charge < -0.3 is 20.3 Å². The molecule has 0 radical (unpaired) electrons. The Hall–Kier alpha value is -1.31. The first-order chi connectivity index (χ1) is 12.4. The number of hydrogen-bond acceptors (Lipinski definition) is 3. The zero-order chi connectivity index (χ0) is 19.1. The van der Waals surface area contributed by atoms with Crippen molar-refractivity contribution in [3.63, 3.8) is 0 Å². The lowest BCUT2D eigenvalue weighted by atomic mass is 9.97. The molecule has 1 aliphatic rings. The molecule has 26 heavy (non-hydrogen) atoms. The number of aliphatic imine (C=N–C) groups is 1. The molecule has 9 heteroatoms. The number of alkyl halides is 2. The summed E-state index contributed by atoms with van der Waals surface area (Å²) in [7, 11) is 3.78. The largest absolute Gasteiger partial charge is 0.433 e. The van der Waals surface area contributed by atoms with E-state index in [1.807, 2.05) is 0 Å². The van der Waals surface area contributed by atoms with Crippen molar-refractivity contribution in [3.05, 3.63) is 27.7 Å². The summed E-state index contributed by atoms with van der Waals surface area (Å²) in [6, 6.07) is 2.92. The van der Waals surface area contributed by atoms with Gasteiger partial charge >= 0.3 is 6.61 Å². The van der Waals surface area contributed by atoms with E-state index in [1.165, 1.54) is 6.07 Å². The highest BCUT2D eigenvalue weighted by atomic mass is 35.5. The van der Waals surface area contributed by atoms with E-state index in [0.717, 1.165) is 32.5 Å². The van der Waals surface area contributed by atoms with Crippen LogP contribution in [0, 0.1) is 5.92 Å². The molecule has 0 bridgehead atoms. The van der Waals surface area contributed by atoms with Crippen LogP contribution in [0.3, 0.4) is 0 Å². The van der Waals surface area contributed by atoms with Crippen LogP contribution in [0.4, 0.5) is 8.78 Å². The van der Waals surface area contributed by atoms with Gasteiger partial charge in [0.2, 0.25) is 0 Å². The highest BCUT2D eigenvalue weighted by Gasteiger charge is 2.18. The second-order valence-electron chi connectivity index (χ2n) is 6.31. The minimum absolute atomic E-state index is 0.0453. The van der Waals surface area contributed by atoms with Gasteiger partial charge in [-0.05, 0) is 51.0 Å². The molecule has 0 unspecified atom stereocenters. The second kappa shape index (κ2) is 10.1. The van der Waals surface area contributed by atoms with Crippen molar-refractivity contribution in [2.45, 2.75) is 26.0 Å². The lowest BCUT2D eigenvalue weighted by molar-refractivity contribution is -0.0504. The molecule has 146 valence electrons. The van der Waals surface area contributed by atoms with Crippen LogP contribution in [0.15, 0.2) is 17.1 Å². The average Bonchev–Trinajstić information content (AvgIpc) is 2.59. The molecule has 1 aromatic carbocycles. The Balaban J connectivity index is 1.93. The van der Waals surface area contributed by atoms with Crippen molar-refractivity contribution in [2.24, 2.45) is 10.9 Å². The maximum absolute atomic E-state index is 12.6. The predicted molar refractivity (Wildman–Crippen MR) is 102 cm³/mol. The summed E-state index contributed by atoms with van der Waals surface area (Å²) in [5, 5.41) is 6.76. The van der Waals surface area contributed by atoms with Crippen molar-refractivity contribution < 1.29 is 13.5 Å². The van der Waals surface area contributed by atoms with E-state index in [-0.39, 0.29) is 17.3 Å². The van der Waals surface area contributed by atoms with Gasteiger partial charge in [0.25, 0.3) is 0 Å². The third-order valence-electron chi connectivity index (χ3n) is 4.36. The number of likely N-dealkylation sites (tertiary alicyclic amines) is 1. The zero-order valence-corrected chi connectivity index (χ0v) is 16.4. The number of rotatable bonds is 6. The Morgan fingerprint density at radius 3 is 2.62 bits per heavy atom. The summed E-state index contributed by atoms with van der Waals surface area (Å²) in [4.78, 5) is 6.48. The van der Waals surface area contributed by atoms with Gasteiger partial charge in [0, 0.05) is 30.7 Å². The molecule has 1 aliphatic heterocycles. The summed E-state index contributed by atoms with van der Waals surface area (Å²) >= 11 is 12.0. The van der Waals surface area contributed by atoms with E-state index in [2.05, 4.69) is 32.3 Å². The average molecular weight is 409 g/mol. The first-order valence-electron chi connectivity index (χ1n) is 8.44. The lowest BCUT2D eigenvalue weighted by Gasteiger charge is -2.29. The fraction of sp³-hybridized carbons (Fsp3) is 0.588. The fourth-order valence-electron chi connectivity index (χ4n) is 2.87. The maximum Gasteiger partial charge on any atom is 0.387 e. The molecule has 1 fully saturated rings. The molecule has 0 amide bonds. The van der Waals surface area contributed by atoms with Crippen molar-refractivity contribution >= 4 is 29.2 Å². The van der Waals surface area contributed by atoms with Gasteiger partial charge in [-0.15, -0.1) is 0 Å². The van der Waals surface area contributed by atoms with E-state index >= 15 is 0 Å². The molecular weight excluding hydrogens is 385 g/mol. The van der Waals surface area contributed by atoms with Crippen LogP contribution in [-0.2, 0) is 6.54 Å². The molecule has 0 aliphatic carbocycles. The number of benzene rings is 1. The van der Waals surface area contributed by atoms with Crippen molar-refractivity contribution in [1.82, 2.24) is 15.5 Å². The third kappa shape index (κ3) is 6.45. The minimum atomic E-state index is -2.96. The molecule has 2 rings (SSSR count). The molecule has 0 spiro atoms. The van der Waals surface area contributed by atoms with Crippen LogP contribution in [0.25, 0.3) is 0 Å². The molecular formula is C17H24Cl2F2N4O. The van der Waals surface area contributed by atoms with Gasteiger partial charge in [-0.1, -0.05) is 23.2 Å². The summed E-state index contributed by atoms with van der Waals surface area (Å²) in [5.41, 5.74) is 0.435. The summed E-state index contributed by atoms with van der Waals surface area (Å²) in [5.74, 6) is 1.09. The van der Waals surface area contributed by atoms with Gasteiger partial charge in [-0.3, -0.25) is 4.99 Å². The molecule has 1 saturated heterocycles. The number of hydrogen-bond donors (Lipinski definition) is 2. The normalized spacial score (nSPS) is 16.8. The van der Waals surface area contributed by atoms with Gasteiger partial charge in [-0.2, -0.15) is 8.78 Å². The van der Waals surface area contributed by atoms with E-state index in [0.29, 0.717) is 22.5 Å². The van der Waals surface area contributed by atoms with Crippen LogP contribution in [-0.4, -0.2) is 51.2 Å². The quantitative estimate of drug-likeness (QED) is 0.557. The van der Waals surface area contributed by atoms with E-state index in [9.17, 15) is 8.78 Å². The zero-order valence-electron chi connectivity index (χ0n) is 14.9. The van der Waals surface area contributed by atoms with E-state index in [1.54, 1.807) is 13.1 Å². The molecule has 5 nitrogen and oxygen atoms in total. The Morgan fingerprint density at radius 2 is 2.00 bits per heavy atom. The Kier molecular flexibility index (Phi) is 8.18. The van der Waals surface area contributed by atoms with Crippen molar-refractivity contribution in [1.29, 1.82) is 0 Å². The maximum atomic E-state index is 12.6. The number of ether oxygens (including phenoxy) is 1. The van der Waals surface area contributed by atoms with Crippen LogP contribution in [0.5, 0.6) is 5.75 Å². The number of halogens is 4. The molecule has 2 N–H and O–H groups in total. The minimum Gasteiger partial charge on any atom is -0.433 e. The number of nitrogens with zero attached hydrogens (tertiary/aromatic N) is 2. The van der Waals surface area contributed by atoms with Crippen molar-refractivity contribution in [2.75, 3.05) is 33.7 Å². The topological polar surface area (TPSA) is 48.9 Å². The Morgan fingerprint density at radius 1 is 1.31 bits per heavy atom. The van der Waals surface area contributed by atoms with Gasteiger partial charge in [0.1, 0.15) is 5.75 Å². The van der Waals surface area contributed by atoms with Gasteiger partial charge in [0.15, 0.2) is 5.96 Å². The highest BCUT2D eigenvalue weighted by Crippen LogP contribution is 2.33. The molecule has 0 saturated carbocycles. The predicted octanol–water partition coefficient (Wildman–Crippen LogP) is 3.60. The van der Waals surface area contributed by atoms with Crippen molar-refractivity contribution in [3.8, 4) is 5.75 Å². The van der Waals surface area contributed by atoms with Crippen LogP contribution in [0.2, 0.25) is 10.0 Å². The summed E-state index contributed by atoms with van der Waals surface area (Å²) < 4.78 is 29.8. The standard InChI is InChI=1S/C17H24Cl2F2N4O/c1-22-17(23-9-11-3-5-25(2)6-4-11)24-10-12-7-13(18)8-14(19)15(12)26-16(20)21/h7-8,11,16H,3-6,9-10H2,1-2H3,(H2,22,23,24). The van der Waals surface area contributed by atoms with Crippen LogP contribution >= 0.6 is 23.2 Å². The van der Waals surface area contributed by atoms with Crippen LogP contribution < -0.4 is 15.4 Å². The highest BCUT2D eigenvalue weighted by molar-refractivity contribution is 6.35. The third-order valence-corrected chi connectivity index (χ3v) is 4.86. The fourth-order valence-corrected chi connectivity index (χ4v) is 3.45. The number of nitrogens with one attached hydrogen (secondary N) is 2. The molecule has 0 aromatic heterocycles. The monoisotopic (exact) mass is 408 g/mol. The number of piperidine rings is 1. The van der Waals surface area contributed by atoms with E-state index in [4.69, 9.17) is 23.2 Å². The number of guanidine groups is 1. The SMILES string of the molecule is CN=C(NCc1cc(Cl)cc(Cl)c1OC(F)F)NCC1CCN(C)CC1. The second-order valence-corrected chi connectivity index (χ2v) is 7.15. The summed E-state index contributed by atoms with van der Waals surface area (Å²) in [6.07, 6.45) is 2.27. The van der Waals surface area contributed by atoms with Crippen LogP contribution in [0.1, 0.15) is 18.4 Å². The van der Waals surface area contributed by atoms with Gasteiger partial charge in [0.05, 0.1) is 5.02 Å². The van der Waals surface area contributed by atoms with E-state index < -0.39 is 6.61 Å². The molecule has 1 aromatic rings.